The largest absolute Gasteiger partial charge is 0.370 e. The monoisotopic (exact) mass is 342 g/mol. The van der Waals surface area contributed by atoms with Gasteiger partial charge in [-0.05, 0) is 54.8 Å². The lowest BCUT2D eigenvalue weighted by atomic mass is 9.69. The number of hydrogen-bond acceptors (Lipinski definition) is 1. The maximum atomic E-state index is 6.89. The molecule has 0 heterocycles. The van der Waals surface area contributed by atoms with E-state index in [1.807, 2.05) is 0 Å². The van der Waals surface area contributed by atoms with Crippen LogP contribution in [0.1, 0.15) is 72.6 Å². The summed E-state index contributed by atoms with van der Waals surface area (Å²) in [6, 6.07) is 0. The standard InChI is InChI=1S/C18H31BrO/c1-13-6-5-8-18(11-13,12-19)20-15-10-14-7-9-17(15,4)16(14,2)3/h13-15H,5-12H2,1-4H3. The van der Waals surface area contributed by atoms with Crippen LogP contribution in [0.5, 0.6) is 0 Å². The molecule has 116 valence electrons. The average molecular weight is 343 g/mol. The van der Waals surface area contributed by atoms with Crippen LogP contribution in [0.3, 0.4) is 0 Å². The van der Waals surface area contributed by atoms with Gasteiger partial charge in [-0.25, -0.2) is 0 Å². The van der Waals surface area contributed by atoms with Gasteiger partial charge in [0.1, 0.15) is 0 Å². The molecule has 0 aromatic carbocycles. The summed E-state index contributed by atoms with van der Waals surface area (Å²) in [5.74, 6) is 1.70. The predicted octanol–water partition coefficient (Wildman–Crippen LogP) is 5.56. The van der Waals surface area contributed by atoms with Gasteiger partial charge in [-0.15, -0.1) is 0 Å². The van der Waals surface area contributed by atoms with E-state index in [0.29, 0.717) is 16.9 Å². The van der Waals surface area contributed by atoms with Crippen LogP contribution in [0.15, 0.2) is 0 Å². The molecule has 5 unspecified atom stereocenters. The van der Waals surface area contributed by atoms with Gasteiger partial charge in [0.15, 0.2) is 0 Å². The van der Waals surface area contributed by atoms with Gasteiger partial charge >= 0.3 is 0 Å². The van der Waals surface area contributed by atoms with Crippen LogP contribution in [0.2, 0.25) is 0 Å². The van der Waals surface area contributed by atoms with Gasteiger partial charge < -0.3 is 4.74 Å². The van der Waals surface area contributed by atoms with Crippen molar-refractivity contribution in [2.24, 2.45) is 22.7 Å². The molecule has 3 aliphatic rings. The summed E-state index contributed by atoms with van der Waals surface area (Å²) in [6.45, 7) is 9.86. The first-order valence-corrected chi connectivity index (χ1v) is 9.69. The first-order chi connectivity index (χ1) is 9.33. The number of alkyl halides is 1. The fourth-order valence-corrected chi connectivity index (χ4v) is 6.12. The maximum absolute atomic E-state index is 6.89. The second-order valence-corrected chi connectivity index (χ2v) is 9.30. The SMILES string of the molecule is CC1CCCC(CBr)(OC2CC3CCC2(C)C3(C)C)C1. The second-order valence-electron chi connectivity index (χ2n) is 8.74. The highest BCUT2D eigenvalue weighted by Crippen LogP contribution is 2.67. The molecule has 1 nitrogen and oxygen atoms in total. The fraction of sp³-hybridized carbons (Fsp3) is 1.00. The maximum Gasteiger partial charge on any atom is 0.0785 e. The molecule has 2 heteroatoms. The summed E-state index contributed by atoms with van der Waals surface area (Å²) in [4.78, 5) is 0. The van der Waals surface area contributed by atoms with E-state index in [0.717, 1.165) is 17.2 Å². The van der Waals surface area contributed by atoms with E-state index in [9.17, 15) is 0 Å². The van der Waals surface area contributed by atoms with Gasteiger partial charge in [0, 0.05) is 5.33 Å². The number of fused-ring (bicyclic) bond motifs is 2. The Morgan fingerprint density at radius 2 is 1.90 bits per heavy atom. The predicted molar refractivity (Wildman–Crippen MR) is 88.3 cm³/mol. The first kappa shape index (κ1) is 15.3. The molecule has 0 radical (unpaired) electrons. The zero-order valence-electron chi connectivity index (χ0n) is 13.7. The van der Waals surface area contributed by atoms with E-state index in [-0.39, 0.29) is 5.60 Å². The van der Waals surface area contributed by atoms with Crippen molar-refractivity contribution >= 4 is 15.9 Å². The normalized spacial score (nSPS) is 50.5. The molecule has 3 rings (SSSR count). The second kappa shape index (κ2) is 4.98. The third kappa shape index (κ3) is 2.12. The van der Waals surface area contributed by atoms with E-state index < -0.39 is 0 Å². The Balaban J connectivity index is 1.78. The molecular weight excluding hydrogens is 312 g/mol. The van der Waals surface area contributed by atoms with E-state index in [1.165, 1.54) is 44.9 Å². The molecule has 0 aromatic rings. The zero-order valence-corrected chi connectivity index (χ0v) is 15.3. The van der Waals surface area contributed by atoms with Crippen LogP contribution < -0.4 is 0 Å². The fourth-order valence-electron chi connectivity index (χ4n) is 5.48. The van der Waals surface area contributed by atoms with Crippen LogP contribution in [0, 0.1) is 22.7 Å². The van der Waals surface area contributed by atoms with Gasteiger partial charge in [0.2, 0.25) is 0 Å². The van der Waals surface area contributed by atoms with Crippen molar-refractivity contribution in [3.63, 3.8) is 0 Å². The molecule has 5 atom stereocenters. The Morgan fingerprint density at radius 3 is 2.40 bits per heavy atom. The molecule has 0 N–H and O–H groups in total. The summed E-state index contributed by atoms with van der Waals surface area (Å²) >= 11 is 3.78. The molecular formula is C18H31BrO. The highest BCUT2D eigenvalue weighted by molar-refractivity contribution is 9.09. The molecule has 0 spiro atoms. The molecule has 3 aliphatic carbocycles. The lowest BCUT2D eigenvalue weighted by molar-refractivity contribution is -0.151. The van der Waals surface area contributed by atoms with Crippen molar-refractivity contribution in [2.75, 3.05) is 5.33 Å². The van der Waals surface area contributed by atoms with E-state index >= 15 is 0 Å². The molecule has 0 saturated heterocycles. The van der Waals surface area contributed by atoms with Crippen LogP contribution in [0.4, 0.5) is 0 Å². The van der Waals surface area contributed by atoms with Gasteiger partial charge in [0.05, 0.1) is 11.7 Å². The number of rotatable bonds is 3. The Morgan fingerprint density at radius 1 is 1.15 bits per heavy atom. The Labute approximate surface area is 133 Å². The lowest BCUT2D eigenvalue weighted by Crippen LogP contribution is -2.47. The third-order valence-corrected chi connectivity index (χ3v) is 8.42. The van der Waals surface area contributed by atoms with Crippen molar-refractivity contribution in [3.8, 4) is 0 Å². The summed E-state index contributed by atoms with van der Waals surface area (Å²) in [5.41, 5.74) is 0.977. The molecule has 3 fully saturated rings. The van der Waals surface area contributed by atoms with Crippen LogP contribution in [0.25, 0.3) is 0 Å². The summed E-state index contributed by atoms with van der Waals surface area (Å²) < 4.78 is 6.89. The minimum absolute atomic E-state index is 0.117. The summed E-state index contributed by atoms with van der Waals surface area (Å²) in [6.07, 6.45) is 9.78. The molecule has 2 bridgehead atoms. The van der Waals surface area contributed by atoms with Crippen molar-refractivity contribution in [3.05, 3.63) is 0 Å². The minimum Gasteiger partial charge on any atom is -0.370 e. The smallest absolute Gasteiger partial charge is 0.0785 e. The number of hydrogen-bond donors (Lipinski definition) is 0. The zero-order chi connectivity index (χ0) is 14.6. The Bertz CT molecular complexity index is 380. The molecule has 20 heavy (non-hydrogen) atoms. The number of ether oxygens (including phenoxy) is 1. The van der Waals surface area contributed by atoms with Gasteiger partial charge in [0.25, 0.3) is 0 Å². The first-order valence-electron chi connectivity index (χ1n) is 8.57. The lowest BCUT2D eigenvalue weighted by Gasteiger charge is -2.46. The third-order valence-electron chi connectivity index (χ3n) is 7.40. The van der Waals surface area contributed by atoms with Gasteiger partial charge in [-0.2, -0.15) is 0 Å². The Hall–Kier alpha value is 0.440. The number of halogens is 1. The highest BCUT2D eigenvalue weighted by atomic mass is 79.9. The highest BCUT2D eigenvalue weighted by Gasteiger charge is 2.63. The van der Waals surface area contributed by atoms with Crippen LogP contribution in [-0.4, -0.2) is 17.0 Å². The summed E-state index contributed by atoms with van der Waals surface area (Å²) in [7, 11) is 0. The van der Waals surface area contributed by atoms with Crippen LogP contribution in [-0.2, 0) is 4.74 Å². The van der Waals surface area contributed by atoms with Crippen molar-refractivity contribution < 1.29 is 4.74 Å². The van der Waals surface area contributed by atoms with Crippen molar-refractivity contribution in [2.45, 2.75) is 84.3 Å². The van der Waals surface area contributed by atoms with Crippen LogP contribution >= 0.6 is 15.9 Å². The quantitative estimate of drug-likeness (QED) is 0.610. The van der Waals surface area contributed by atoms with E-state index in [2.05, 4.69) is 43.6 Å². The van der Waals surface area contributed by atoms with Crippen molar-refractivity contribution in [1.82, 2.24) is 0 Å². The van der Waals surface area contributed by atoms with Crippen molar-refractivity contribution in [1.29, 1.82) is 0 Å². The molecule has 3 saturated carbocycles. The average Bonchev–Trinajstić information content (AvgIpc) is 2.72. The van der Waals surface area contributed by atoms with Gasteiger partial charge in [-0.1, -0.05) is 56.5 Å². The minimum atomic E-state index is 0.117. The Kier molecular flexibility index (Phi) is 3.82. The topological polar surface area (TPSA) is 9.23 Å². The van der Waals surface area contributed by atoms with E-state index in [4.69, 9.17) is 4.74 Å². The summed E-state index contributed by atoms with van der Waals surface area (Å²) in [5, 5.41) is 1.02. The molecule has 0 aliphatic heterocycles. The molecule has 0 amide bonds. The van der Waals surface area contributed by atoms with E-state index in [1.54, 1.807) is 0 Å². The van der Waals surface area contributed by atoms with Gasteiger partial charge in [-0.3, -0.25) is 0 Å². The molecule has 0 aromatic heterocycles.